The van der Waals surface area contributed by atoms with Gasteiger partial charge in [-0.3, -0.25) is 9.36 Å². The quantitative estimate of drug-likeness (QED) is 0.144. The van der Waals surface area contributed by atoms with E-state index in [1.54, 1.807) is 88.6 Å². The Kier molecular flexibility index (Phi) is 11.6. The molecule has 0 spiro atoms. The molecule has 0 aliphatic heterocycles. The lowest BCUT2D eigenvalue weighted by Crippen LogP contribution is -2.15. The second kappa shape index (κ2) is 17.0. The number of benzene rings is 2. The first kappa shape index (κ1) is 41.5. The molecule has 0 atom stereocenters. The second-order valence-corrected chi connectivity index (χ2v) is 18.9. The van der Waals surface area contributed by atoms with E-state index >= 15 is 0 Å². The second-order valence-electron chi connectivity index (χ2n) is 15.4. The summed E-state index contributed by atoms with van der Waals surface area (Å²) >= 11 is 0. The van der Waals surface area contributed by atoms with Crippen molar-refractivity contribution in [3.8, 4) is 22.5 Å². The Labute approximate surface area is 355 Å². The first-order valence-electron chi connectivity index (χ1n) is 20.1. The van der Waals surface area contributed by atoms with Gasteiger partial charge in [-0.05, 0) is 97.5 Å². The Balaban J connectivity index is 0.000000166. The molecular weight excluding hydrogens is 809 g/mol. The van der Waals surface area contributed by atoms with Crippen molar-refractivity contribution in [1.29, 1.82) is 0 Å². The molecule has 61 heavy (non-hydrogen) atoms. The Morgan fingerprint density at radius 2 is 1.11 bits per heavy atom. The van der Waals surface area contributed by atoms with Crippen LogP contribution >= 0.6 is 0 Å². The summed E-state index contributed by atoms with van der Waals surface area (Å²) < 4.78 is 58.7. The maximum absolute atomic E-state index is 13.3. The van der Waals surface area contributed by atoms with Gasteiger partial charge in [-0.25, -0.2) is 9.97 Å². The molecule has 1 saturated carbocycles. The van der Waals surface area contributed by atoms with Crippen LogP contribution in [-0.4, -0.2) is 64.7 Å². The number of aromatic nitrogens is 10. The van der Waals surface area contributed by atoms with Crippen LogP contribution in [0.1, 0.15) is 82.3 Å². The van der Waals surface area contributed by atoms with Gasteiger partial charge in [0.25, 0.3) is 20.0 Å². The molecule has 2 aliphatic carbocycles. The van der Waals surface area contributed by atoms with Crippen molar-refractivity contribution in [2.45, 2.75) is 80.9 Å². The molecule has 6 heterocycles. The van der Waals surface area contributed by atoms with Gasteiger partial charge in [0.15, 0.2) is 11.3 Å². The lowest BCUT2D eigenvalue weighted by Gasteiger charge is -2.21. The summed E-state index contributed by atoms with van der Waals surface area (Å²) in [6.45, 7) is 0. The molecule has 0 amide bonds. The molecule has 1 fully saturated rings. The predicted octanol–water partition coefficient (Wildman–Crippen LogP) is 8.78. The summed E-state index contributed by atoms with van der Waals surface area (Å²) in [5, 5.41) is 18.9. The summed E-state index contributed by atoms with van der Waals surface area (Å²) in [6.07, 6.45) is 23.3. The number of allylic oxidation sites excluding steroid dienone is 2. The maximum Gasteiger partial charge on any atom is 0.284 e. The molecule has 16 heteroatoms. The topological polar surface area (TPSA) is 165 Å². The van der Waals surface area contributed by atoms with Gasteiger partial charge in [-0.1, -0.05) is 69.2 Å². The van der Waals surface area contributed by atoms with E-state index in [9.17, 15) is 16.8 Å². The van der Waals surface area contributed by atoms with E-state index in [-0.39, 0.29) is 17.2 Å². The number of fused-ring (bicyclic) bond motifs is 2. The van der Waals surface area contributed by atoms with E-state index in [2.05, 4.69) is 42.5 Å². The highest BCUT2D eigenvalue weighted by molar-refractivity contribution is 7.90. The van der Waals surface area contributed by atoms with Gasteiger partial charge in [0, 0.05) is 60.8 Å². The fourth-order valence-electron chi connectivity index (χ4n) is 8.14. The van der Waals surface area contributed by atoms with Crippen molar-refractivity contribution >= 4 is 47.7 Å². The minimum atomic E-state index is -3.88. The maximum atomic E-state index is 13.3. The van der Waals surface area contributed by atoms with Crippen LogP contribution in [0.4, 0.5) is 0 Å². The molecule has 2 aliphatic rings. The highest BCUT2D eigenvalue weighted by Gasteiger charge is 2.28. The first-order chi connectivity index (χ1) is 29.1. The average Bonchev–Trinajstić information content (AvgIpc) is 4.10. The summed E-state index contributed by atoms with van der Waals surface area (Å²) in [5.41, 5.74) is 6.76. The third-order valence-corrected chi connectivity index (χ3v) is 14.4. The van der Waals surface area contributed by atoms with Crippen LogP contribution in [0.2, 0.25) is 0 Å². The fourth-order valence-corrected chi connectivity index (χ4v) is 10.7. The lowest BCUT2D eigenvalue weighted by molar-refractivity contribution is 0.443. The molecule has 0 saturated heterocycles. The van der Waals surface area contributed by atoms with Crippen molar-refractivity contribution in [1.82, 2.24) is 47.9 Å². The number of aryl methyl sites for hydroxylation is 2. The third-order valence-electron chi connectivity index (χ3n) is 11.2. The zero-order chi connectivity index (χ0) is 41.4. The van der Waals surface area contributed by atoms with Crippen molar-refractivity contribution in [3.05, 3.63) is 127 Å². The fraction of sp³-hybridized carbons (Fsp3) is 0.289. The molecule has 14 nitrogen and oxygen atoms in total. The Bertz CT molecular complexity index is 3090. The zero-order valence-corrected chi connectivity index (χ0v) is 35.0. The lowest BCUT2D eigenvalue weighted by atomic mass is 9.84. The van der Waals surface area contributed by atoms with Crippen LogP contribution in [0.3, 0.4) is 0 Å². The van der Waals surface area contributed by atoms with Crippen molar-refractivity contribution in [3.63, 3.8) is 0 Å². The highest BCUT2D eigenvalue weighted by Crippen LogP contribution is 2.37. The minimum Gasteiger partial charge on any atom is -0.275 e. The van der Waals surface area contributed by atoms with Gasteiger partial charge in [-0.2, -0.15) is 37.2 Å². The SMILES string of the molecule is C.Cn1cc(-c2nn(S(=O)(=O)c3ccccc3)c3ncc(C4=CCCCC4)cc23)cn1.Cn1cc(-c2nn(S(=O)(=O)c3ccccc3)c3ncc(C4CCCCC4)cc23)cn1. The van der Waals surface area contributed by atoms with Crippen LogP contribution in [0, 0.1) is 0 Å². The van der Waals surface area contributed by atoms with Crippen molar-refractivity contribution in [2.24, 2.45) is 14.1 Å². The van der Waals surface area contributed by atoms with E-state index in [1.807, 2.05) is 38.8 Å². The average molecular weight is 857 g/mol. The first-order valence-corrected chi connectivity index (χ1v) is 23.0. The molecule has 0 N–H and O–H groups in total. The monoisotopic (exact) mass is 856 g/mol. The summed E-state index contributed by atoms with van der Waals surface area (Å²) in [5.74, 6) is 0.464. The van der Waals surface area contributed by atoms with Gasteiger partial charge in [0.1, 0.15) is 11.4 Å². The molecule has 6 aromatic heterocycles. The van der Waals surface area contributed by atoms with Gasteiger partial charge in [-0.15, -0.1) is 8.17 Å². The summed E-state index contributed by atoms with van der Waals surface area (Å²) in [4.78, 5) is 9.51. The Morgan fingerprint density at radius 1 is 0.590 bits per heavy atom. The number of hydrogen-bond donors (Lipinski definition) is 0. The molecule has 314 valence electrons. The molecular formula is C45H48N10O4S2. The van der Waals surface area contributed by atoms with E-state index in [1.165, 1.54) is 31.3 Å². The van der Waals surface area contributed by atoms with E-state index in [0.29, 0.717) is 34.0 Å². The largest absolute Gasteiger partial charge is 0.284 e. The Morgan fingerprint density at radius 3 is 1.61 bits per heavy atom. The smallest absolute Gasteiger partial charge is 0.275 e. The standard InChI is InChI=1S/C22H23N5O2S.C22H21N5O2S.CH4/c2*1-26-15-18(14-24-26)21-20-12-17(16-8-4-2-5-9-16)13-23-22(20)27(25-21)30(28,29)19-10-6-3-7-11-19;/h3,6-7,10-16H,2,4-5,8-9H2,1H3;3,6-8,10-15H,2,4-5,9H2,1H3;1H4. The normalized spacial score (nSPS) is 15.0. The molecule has 0 radical (unpaired) electrons. The van der Waals surface area contributed by atoms with Crippen LogP contribution in [0.25, 0.3) is 50.2 Å². The van der Waals surface area contributed by atoms with Crippen LogP contribution in [0.15, 0.2) is 126 Å². The summed E-state index contributed by atoms with van der Waals surface area (Å²) in [6, 6.07) is 20.7. The number of hydrogen-bond acceptors (Lipinski definition) is 10. The highest BCUT2D eigenvalue weighted by atomic mass is 32.2. The van der Waals surface area contributed by atoms with E-state index in [0.717, 1.165) is 67.9 Å². The van der Waals surface area contributed by atoms with Gasteiger partial charge in [0.2, 0.25) is 0 Å². The van der Waals surface area contributed by atoms with Crippen LogP contribution < -0.4 is 0 Å². The number of pyridine rings is 2. The van der Waals surface area contributed by atoms with Crippen LogP contribution in [0.5, 0.6) is 0 Å². The van der Waals surface area contributed by atoms with Crippen LogP contribution in [-0.2, 0) is 34.1 Å². The van der Waals surface area contributed by atoms with Gasteiger partial charge in [0.05, 0.1) is 22.2 Å². The third kappa shape index (κ3) is 8.04. The van der Waals surface area contributed by atoms with Crippen molar-refractivity contribution < 1.29 is 16.8 Å². The molecule has 10 rings (SSSR count). The van der Waals surface area contributed by atoms with Gasteiger partial charge < -0.3 is 0 Å². The minimum absolute atomic E-state index is 0. The van der Waals surface area contributed by atoms with Gasteiger partial charge >= 0.3 is 0 Å². The molecule has 0 bridgehead atoms. The Hall–Kier alpha value is -6.26. The van der Waals surface area contributed by atoms with E-state index < -0.39 is 20.0 Å². The molecule has 0 unspecified atom stereocenters. The molecule has 2 aromatic carbocycles. The number of nitrogens with zero attached hydrogens (tertiary/aromatic N) is 10. The van der Waals surface area contributed by atoms with E-state index in [4.69, 9.17) is 0 Å². The summed E-state index contributed by atoms with van der Waals surface area (Å²) in [7, 11) is -4.10. The zero-order valence-electron chi connectivity index (χ0n) is 33.3. The predicted molar refractivity (Wildman–Crippen MR) is 237 cm³/mol. The van der Waals surface area contributed by atoms with Crippen molar-refractivity contribution in [2.75, 3.05) is 0 Å². The molecule has 8 aromatic rings. The number of rotatable bonds is 8.